The fourth-order valence-corrected chi connectivity index (χ4v) is 4.97. The SMILES string of the molecule is CCC(C)[C@H](NC(=O)C1CCN(C(=O)[C@H](C)NS(=O)(=O)c2ccc(C)cc2)CC1)C(=O)OC. The van der Waals surface area contributed by atoms with Crippen LogP contribution in [-0.2, 0) is 29.1 Å². The average Bonchev–Trinajstić information content (AvgIpc) is 2.80. The van der Waals surface area contributed by atoms with E-state index in [2.05, 4.69) is 10.0 Å². The summed E-state index contributed by atoms with van der Waals surface area (Å²) in [7, 11) is -2.53. The van der Waals surface area contributed by atoms with Crippen molar-refractivity contribution in [1.82, 2.24) is 14.9 Å². The molecule has 1 heterocycles. The zero-order valence-corrected chi connectivity index (χ0v) is 20.8. The Balaban J connectivity index is 1.92. The van der Waals surface area contributed by atoms with Gasteiger partial charge >= 0.3 is 5.97 Å². The number of carbonyl (C=O) groups excluding carboxylic acids is 3. The van der Waals surface area contributed by atoms with Crippen LogP contribution in [0.4, 0.5) is 0 Å². The normalized spacial score (nSPS) is 17.7. The maximum absolute atomic E-state index is 12.8. The number of sulfonamides is 1. The van der Waals surface area contributed by atoms with Crippen molar-refractivity contribution in [3.63, 3.8) is 0 Å². The Morgan fingerprint density at radius 3 is 2.21 bits per heavy atom. The highest BCUT2D eigenvalue weighted by Crippen LogP contribution is 2.20. The van der Waals surface area contributed by atoms with Crippen LogP contribution in [0.1, 0.15) is 45.6 Å². The van der Waals surface area contributed by atoms with E-state index in [4.69, 9.17) is 4.74 Å². The summed E-state index contributed by atoms with van der Waals surface area (Å²) in [6.07, 6.45) is 1.58. The number of rotatable bonds is 9. The van der Waals surface area contributed by atoms with Crippen LogP contribution < -0.4 is 10.0 Å². The Kier molecular flexibility index (Phi) is 9.42. The van der Waals surface area contributed by atoms with E-state index in [1.807, 2.05) is 20.8 Å². The number of nitrogens with one attached hydrogen (secondary N) is 2. The number of aryl methyl sites for hydroxylation is 1. The molecular weight excluding hydrogens is 446 g/mol. The van der Waals surface area contributed by atoms with Gasteiger partial charge in [0.15, 0.2) is 0 Å². The standard InChI is InChI=1S/C23H35N3O6S/c1-6-16(3)20(23(29)32-5)24-21(27)18-11-13-26(14-12-18)22(28)17(4)25-33(30,31)19-9-7-15(2)8-10-19/h7-10,16-18,20,25H,6,11-14H2,1-5H3,(H,24,27)/t16?,17-,20-/m0/s1. The van der Waals surface area contributed by atoms with E-state index < -0.39 is 28.1 Å². The molecule has 9 nitrogen and oxygen atoms in total. The van der Waals surface area contributed by atoms with Crippen LogP contribution in [0, 0.1) is 18.8 Å². The van der Waals surface area contributed by atoms with Crippen LogP contribution in [0.25, 0.3) is 0 Å². The predicted molar refractivity (Wildman–Crippen MR) is 124 cm³/mol. The van der Waals surface area contributed by atoms with E-state index in [1.54, 1.807) is 17.0 Å². The summed E-state index contributed by atoms with van der Waals surface area (Å²) < 4.78 is 32.4. The van der Waals surface area contributed by atoms with Crippen molar-refractivity contribution < 1.29 is 27.5 Å². The van der Waals surface area contributed by atoms with Crippen molar-refractivity contribution in [2.24, 2.45) is 11.8 Å². The zero-order valence-electron chi connectivity index (χ0n) is 20.0. The lowest BCUT2D eigenvalue weighted by molar-refractivity contribution is -0.147. The molecule has 1 saturated heterocycles. The van der Waals surface area contributed by atoms with Crippen molar-refractivity contribution in [1.29, 1.82) is 0 Å². The third-order valence-electron chi connectivity index (χ3n) is 6.18. The molecule has 2 N–H and O–H groups in total. The second-order valence-corrected chi connectivity index (χ2v) is 10.4. The second-order valence-electron chi connectivity index (χ2n) is 8.65. The van der Waals surface area contributed by atoms with Crippen molar-refractivity contribution in [2.45, 2.75) is 63.9 Å². The number of esters is 1. The highest BCUT2D eigenvalue weighted by Gasteiger charge is 2.34. The molecule has 1 aliphatic rings. The molecule has 0 aliphatic carbocycles. The van der Waals surface area contributed by atoms with Crippen LogP contribution in [0.15, 0.2) is 29.2 Å². The molecule has 1 aromatic rings. The number of piperidine rings is 1. The first-order chi connectivity index (χ1) is 15.5. The third-order valence-corrected chi connectivity index (χ3v) is 7.73. The summed E-state index contributed by atoms with van der Waals surface area (Å²) in [4.78, 5) is 39.2. The van der Waals surface area contributed by atoms with Gasteiger partial charge in [0.2, 0.25) is 21.8 Å². The highest BCUT2D eigenvalue weighted by molar-refractivity contribution is 7.89. The minimum absolute atomic E-state index is 0.0644. The molecule has 3 atom stereocenters. The summed E-state index contributed by atoms with van der Waals surface area (Å²) in [5.74, 6) is -1.43. The lowest BCUT2D eigenvalue weighted by Gasteiger charge is -2.34. The topological polar surface area (TPSA) is 122 Å². The van der Waals surface area contributed by atoms with Crippen LogP contribution in [-0.4, -0.2) is 63.4 Å². The van der Waals surface area contributed by atoms with E-state index in [-0.39, 0.29) is 28.5 Å². The van der Waals surface area contributed by atoms with Gasteiger partial charge in [0, 0.05) is 19.0 Å². The number of benzene rings is 1. The lowest BCUT2D eigenvalue weighted by Crippen LogP contribution is -2.52. The van der Waals surface area contributed by atoms with Crippen molar-refractivity contribution in [3.05, 3.63) is 29.8 Å². The number of amides is 2. The first-order valence-electron chi connectivity index (χ1n) is 11.3. The van der Waals surface area contributed by atoms with E-state index in [0.29, 0.717) is 32.4 Å². The van der Waals surface area contributed by atoms with Gasteiger partial charge in [0.05, 0.1) is 18.0 Å². The van der Waals surface area contributed by atoms with Crippen LogP contribution in [0.5, 0.6) is 0 Å². The number of carbonyl (C=O) groups is 3. The lowest BCUT2D eigenvalue weighted by atomic mass is 9.93. The Morgan fingerprint density at radius 1 is 1.12 bits per heavy atom. The largest absolute Gasteiger partial charge is 0.467 e. The van der Waals surface area contributed by atoms with Gasteiger partial charge in [-0.2, -0.15) is 4.72 Å². The molecule has 2 amide bonds. The Labute approximate surface area is 196 Å². The molecule has 184 valence electrons. The fraction of sp³-hybridized carbons (Fsp3) is 0.609. The van der Waals surface area contributed by atoms with Gasteiger partial charge in [-0.1, -0.05) is 38.0 Å². The summed E-state index contributed by atoms with van der Waals surface area (Å²) in [5.41, 5.74) is 0.937. The third kappa shape index (κ3) is 7.01. The minimum Gasteiger partial charge on any atom is -0.467 e. The van der Waals surface area contributed by atoms with Crippen molar-refractivity contribution >= 4 is 27.8 Å². The monoisotopic (exact) mass is 481 g/mol. The number of ether oxygens (including phenoxy) is 1. The molecule has 0 aromatic heterocycles. The molecule has 10 heteroatoms. The molecule has 1 aromatic carbocycles. The van der Waals surface area contributed by atoms with E-state index in [1.165, 1.54) is 26.2 Å². The van der Waals surface area contributed by atoms with Crippen molar-refractivity contribution in [2.75, 3.05) is 20.2 Å². The van der Waals surface area contributed by atoms with Gasteiger partial charge < -0.3 is 15.0 Å². The maximum atomic E-state index is 12.8. The minimum atomic E-state index is -3.82. The van der Waals surface area contributed by atoms with Crippen LogP contribution >= 0.6 is 0 Å². The molecule has 0 radical (unpaired) electrons. The Morgan fingerprint density at radius 2 is 1.70 bits per heavy atom. The Bertz CT molecular complexity index is 939. The summed E-state index contributed by atoms with van der Waals surface area (Å²) in [6, 6.07) is 4.75. The number of hydrogen-bond acceptors (Lipinski definition) is 6. The van der Waals surface area contributed by atoms with Gasteiger partial charge in [-0.25, -0.2) is 13.2 Å². The molecule has 1 aliphatic heterocycles. The molecule has 2 rings (SSSR count). The van der Waals surface area contributed by atoms with E-state index in [0.717, 1.165) is 5.56 Å². The van der Waals surface area contributed by atoms with E-state index >= 15 is 0 Å². The van der Waals surface area contributed by atoms with Gasteiger partial charge in [-0.15, -0.1) is 0 Å². The summed E-state index contributed by atoms with van der Waals surface area (Å²) >= 11 is 0. The first-order valence-corrected chi connectivity index (χ1v) is 12.7. The Hall–Kier alpha value is -2.46. The molecule has 0 saturated carbocycles. The first kappa shape index (κ1) is 26.8. The molecular formula is C23H35N3O6S. The fourth-order valence-electron chi connectivity index (χ4n) is 3.77. The average molecular weight is 482 g/mol. The number of methoxy groups -OCH3 is 1. The van der Waals surface area contributed by atoms with Crippen LogP contribution in [0.2, 0.25) is 0 Å². The van der Waals surface area contributed by atoms with Gasteiger partial charge in [0.1, 0.15) is 6.04 Å². The zero-order chi connectivity index (χ0) is 24.8. The predicted octanol–water partition coefficient (Wildman–Crippen LogP) is 1.60. The second kappa shape index (κ2) is 11.6. The van der Waals surface area contributed by atoms with Gasteiger partial charge in [-0.3, -0.25) is 9.59 Å². The molecule has 0 bridgehead atoms. The quantitative estimate of drug-likeness (QED) is 0.517. The maximum Gasteiger partial charge on any atom is 0.328 e. The number of hydrogen-bond donors (Lipinski definition) is 2. The molecule has 0 spiro atoms. The van der Waals surface area contributed by atoms with E-state index in [9.17, 15) is 22.8 Å². The van der Waals surface area contributed by atoms with Gasteiger partial charge in [0.25, 0.3) is 0 Å². The summed E-state index contributed by atoms with van der Waals surface area (Å²) in [6.45, 7) is 7.85. The smallest absolute Gasteiger partial charge is 0.328 e. The van der Waals surface area contributed by atoms with Crippen LogP contribution in [0.3, 0.4) is 0 Å². The van der Waals surface area contributed by atoms with Gasteiger partial charge in [-0.05, 0) is 44.7 Å². The summed E-state index contributed by atoms with van der Waals surface area (Å²) in [5, 5.41) is 2.80. The van der Waals surface area contributed by atoms with Crippen molar-refractivity contribution in [3.8, 4) is 0 Å². The molecule has 33 heavy (non-hydrogen) atoms. The molecule has 1 fully saturated rings. The number of nitrogens with zero attached hydrogens (tertiary/aromatic N) is 1. The highest BCUT2D eigenvalue weighted by atomic mass is 32.2. The number of likely N-dealkylation sites (tertiary alicyclic amines) is 1. The molecule has 1 unspecified atom stereocenters.